The van der Waals surface area contributed by atoms with Crippen molar-refractivity contribution in [3.05, 3.63) is 64.5 Å². The molecule has 0 radical (unpaired) electrons. The highest BCUT2D eigenvalue weighted by Gasteiger charge is 2.10. The zero-order valence-corrected chi connectivity index (χ0v) is 12.6. The molecule has 0 atom stereocenters. The van der Waals surface area contributed by atoms with E-state index >= 15 is 0 Å². The van der Waals surface area contributed by atoms with Crippen molar-refractivity contribution in [2.24, 2.45) is 0 Å². The van der Waals surface area contributed by atoms with Crippen LogP contribution in [0.15, 0.2) is 57.3 Å². The van der Waals surface area contributed by atoms with E-state index in [-0.39, 0.29) is 0 Å². The summed E-state index contributed by atoms with van der Waals surface area (Å²) in [4.78, 5) is 11.4. The molecule has 0 unspecified atom stereocenters. The molecule has 2 heterocycles. The minimum Gasteiger partial charge on any atom is -0.502 e. The maximum atomic E-state index is 11.4. The van der Waals surface area contributed by atoms with Crippen LogP contribution in [0.4, 0.5) is 0 Å². The number of hydrogen-bond donors (Lipinski definition) is 1. The zero-order chi connectivity index (χ0) is 15.5. The highest BCUT2D eigenvalue weighted by molar-refractivity contribution is 7.98. The van der Waals surface area contributed by atoms with E-state index in [1.807, 2.05) is 35.8 Å². The number of para-hydroxylation sites is 1. The van der Waals surface area contributed by atoms with Crippen LogP contribution < -0.4 is 5.43 Å². The Bertz CT molecular complexity index is 857. The van der Waals surface area contributed by atoms with Gasteiger partial charge in [-0.3, -0.25) is 9.36 Å². The monoisotopic (exact) mass is 315 g/mol. The number of benzene rings is 1. The number of nitrogens with zero attached hydrogens (tertiary/aromatic N) is 3. The van der Waals surface area contributed by atoms with Crippen LogP contribution in [0.3, 0.4) is 0 Å². The van der Waals surface area contributed by atoms with Gasteiger partial charge in [-0.25, -0.2) is 0 Å². The molecule has 7 heteroatoms. The lowest BCUT2D eigenvalue weighted by molar-refractivity contribution is 0.419. The number of aromatic hydroxyl groups is 1. The molecule has 0 saturated heterocycles. The van der Waals surface area contributed by atoms with E-state index in [0.717, 1.165) is 17.5 Å². The lowest BCUT2D eigenvalue weighted by Crippen LogP contribution is -2.00. The van der Waals surface area contributed by atoms with Crippen LogP contribution in [-0.2, 0) is 5.75 Å². The molecule has 0 fully saturated rings. The first kappa shape index (κ1) is 14.4. The lowest BCUT2D eigenvalue weighted by Gasteiger charge is -2.08. The van der Waals surface area contributed by atoms with Crippen LogP contribution >= 0.6 is 11.8 Å². The molecule has 0 aliphatic carbocycles. The van der Waals surface area contributed by atoms with Crippen molar-refractivity contribution < 1.29 is 9.52 Å². The van der Waals surface area contributed by atoms with Crippen molar-refractivity contribution >= 4 is 11.8 Å². The number of aryl methyl sites for hydroxylation is 1. The highest BCUT2D eigenvalue weighted by Crippen LogP contribution is 2.24. The summed E-state index contributed by atoms with van der Waals surface area (Å²) in [6, 6.07) is 9.21. The lowest BCUT2D eigenvalue weighted by atomic mass is 10.2. The smallest absolute Gasteiger partial charge is 0.226 e. The molecule has 112 valence electrons. The van der Waals surface area contributed by atoms with Gasteiger partial charge in [0.05, 0.1) is 11.4 Å². The second kappa shape index (κ2) is 6.07. The van der Waals surface area contributed by atoms with Crippen LogP contribution in [-0.4, -0.2) is 19.9 Å². The third kappa shape index (κ3) is 2.89. The average Bonchev–Trinajstić information content (AvgIpc) is 2.97. The summed E-state index contributed by atoms with van der Waals surface area (Å²) >= 11 is 1.40. The maximum Gasteiger partial charge on any atom is 0.226 e. The van der Waals surface area contributed by atoms with E-state index in [2.05, 4.69) is 10.2 Å². The summed E-state index contributed by atoms with van der Waals surface area (Å²) in [5.74, 6) is 0.490. The molecule has 22 heavy (non-hydrogen) atoms. The number of aromatic nitrogens is 3. The van der Waals surface area contributed by atoms with Crippen molar-refractivity contribution in [3.8, 4) is 11.4 Å². The van der Waals surface area contributed by atoms with Crippen LogP contribution in [0.1, 0.15) is 11.3 Å². The summed E-state index contributed by atoms with van der Waals surface area (Å²) in [7, 11) is 0. The first-order valence-electron chi connectivity index (χ1n) is 6.54. The Hall–Kier alpha value is -2.54. The predicted octanol–water partition coefficient (Wildman–Crippen LogP) is 2.53. The molecule has 0 amide bonds. The molecule has 0 aliphatic rings. The number of rotatable bonds is 4. The van der Waals surface area contributed by atoms with Gasteiger partial charge in [0.1, 0.15) is 18.4 Å². The minimum absolute atomic E-state index is 0.392. The van der Waals surface area contributed by atoms with Crippen LogP contribution in [0, 0.1) is 6.92 Å². The van der Waals surface area contributed by atoms with Gasteiger partial charge in [-0.15, -0.1) is 10.2 Å². The zero-order valence-electron chi connectivity index (χ0n) is 11.8. The van der Waals surface area contributed by atoms with Crippen LogP contribution in [0.5, 0.6) is 5.75 Å². The normalized spacial score (nSPS) is 10.8. The summed E-state index contributed by atoms with van der Waals surface area (Å²) in [6.45, 7) is 2.02. The first-order chi connectivity index (χ1) is 10.6. The Balaban J connectivity index is 1.82. The van der Waals surface area contributed by atoms with E-state index in [1.165, 1.54) is 17.8 Å². The molecule has 0 bridgehead atoms. The summed E-state index contributed by atoms with van der Waals surface area (Å²) in [5.41, 5.74) is 1.66. The van der Waals surface area contributed by atoms with Gasteiger partial charge in [-0.2, -0.15) is 0 Å². The Labute approximate surface area is 130 Å². The fraction of sp³-hybridized carbons (Fsp3) is 0.133. The average molecular weight is 315 g/mol. The first-order valence-corrected chi connectivity index (χ1v) is 7.53. The topological polar surface area (TPSA) is 81.2 Å². The number of hydrogen-bond acceptors (Lipinski definition) is 6. The largest absolute Gasteiger partial charge is 0.502 e. The van der Waals surface area contributed by atoms with Crippen molar-refractivity contribution in [3.63, 3.8) is 0 Å². The molecule has 3 aromatic rings. The van der Waals surface area contributed by atoms with E-state index < -0.39 is 11.2 Å². The number of thioether (sulfide) groups is 1. The minimum atomic E-state index is -0.456. The Morgan fingerprint density at radius 1 is 1.36 bits per heavy atom. The standard InChI is InChI=1S/C15H13N3O3S/c1-10-4-2-3-5-12(10)18-9-16-17-15(18)22-8-11-6-13(19)14(20)7-21-11/h2-7,9,20H,8H2,1H3. The molecule has 3 rings (SSSR count). The van der Waals surface area contributed by atoms with Gasteiger partial charge in [0.25, 0.3) is 0 Å². The van der Waals surface area contributed by atoms with Crippen molar-refractivity contribution in [2.45, 2.75) is 17.8 Å². The predicted molar refractivity (Wildman–Crippen MR) is 82.3 cm³/mol. The molecule has 1 N–H and O–H groups in total. The van der Waals surface area contributed by atoms with E-state index in [4.69, 9.17) is 4.42 Å². The van der Waals surface area contributed by atoms with Crippen molar-refractivity contribution in [1.29, 1.82) is 0 Å². The van der Waals surface area contributed by atoms with Gasteiger partial charge < -0.3 is 9.52 Å². The Morgan fingerprint density at radius 2 is 2.18 bits per heavy atom. The van der Waals surface area contributed by atoms with Gasteiger partial charge in [-0.05, 0) is 18.6 Å². The fourth-order valence-electron chi connectivity index (χ4n) is 1.98. The second-order valence-corrected chi connectivity index (χ2v) is 5.60. The molecule has 0 saturated carbocycles. The van der Waals surface area contributed by atoms with Gasteiger partial charge in [0, 0.05) is 6.07 Å². The fourth-order valence-corrected chi connectivity index (χ4v) is 2.79. The summed E-state index contributed by atoms with van der Waals surface area (Å²) in [6.07, 6.45) is 2.70. The van der Waals surface area contributed by atoms with Crippen molar-refractivity contribution in [2.75, 3.05) is 0 Å². The molecular formula is C15H13N3O3S. The quantitative estimate of drug-likeness (QED) is 0.745. The van der Waals surface area contributed by atoms with Gasteiger partial charge >= 0.3 is 0 Å². The third-order valence-corrected chi connectivity index (χ3v) is 4.07. The molecule has 0 spiro atoms. The van der Waals surface area contributed by atoms with Gasteiger partial charge in [0.2, 0.25) is 5.43 Å². The summed E-state index contributed by atoms with van der Waals surface area (Å²) in [5, 5.41) is 17.9. The molecule has 1 aromatic carbocycles. The van der Waals surface area contributed by atoms with Crippen LogP contribution in [0.25, 0.3) is 5.69 Å². The molecule has 2 aromatic heterocycles. The third-order valence-electron chi connectivity index (χ3n) is 3.10. The SMILES string of the molecule is Cc1ccccc1-n1cnnc1SCc1cc(=O)c(O)co1. The maximum absolute atomic E-state index is 11.4. The summed E-state index contributed by atoms with van der Waals surface area (Å²) < 4.78 is 7.07. The van der Waals surface area contributed by atoms with Gasteiger partial charge in [0.15, 0.2) is 10.9 Å². The van der Waals surface area contributed by atoms with Crippen molar-refractivity contribution in [1.82, 2.24) is 14.8 Å². The Morgan fingerprint density at radius 3 is 2.95 bits per heavy atom. The van der Waals surface area contributed by atoms with E-state index in [1.54, 1.807) is 6.33 Å². The molecular weight excluding hydrogens is 302 g/mol. The Kier molecular flexibility index (Phi) is 3.97. The molecule has 6 nitrogen and oxygen atoms in total. The van der Waals surface area contributed by atoms with E-state index in [0.29, 0.717) is 16.7 Å². The van der Waals surface area contributed by atoms with E-state index in [9.17, 15) is 9.90 Å². The second-order valence-electron chi connectivity index (χ2n) is 4.65. The van der Waals surface area contributed by atoms with Crippen LogP contribution in [0.2, 0.25) is 0 Å². The highest BCUT2D eigenvalue weighted by atomic mass is 32.2. The van der Waals surface area contributed by atoms with Gasteiger partial charge in [-0.1, -0.05) is 30.0 Å². The molecule has 0 aliphatic heterocycles.